The summed E-state index contributed by atoms with van der Waals surface area (Å²) < 4.78 is 0. The summed E-state index contributed by atoms with van der Waals surface area (Å²) in [7, 11) is 0. The smallest absolute Gasteiger partial charge is 0.229 e. The van der Waals surface area contributed by atoms with Crippen molar-refractivity contribution in [3.63, 3.8) is 0 Å². The number of thioether (sulfide) groups is 1. The van der Waals surface area contributed by atoms with Crippen molar-refractivity contribution in [3.8, 4) is 6.07 Å². The summed E-state index contributed by atoms with van der Waals surface area (Å²) >= 11 is 1.54. The van der Waals surface area contributed by atoms with Crippen LogP contribution < -0.4 is 5.73 Å². The molecule has 20 heavy (non-hydrogen) atoms. The Morgan fingerprint density at radius 3 is 2.90 bits per heavy atom. The molecule has 3 rings (SSSR count). The van der Waals surface area contributed by atoms with Crippen molar-refractivity contribution in [3.05, 3.63) is 35.9 Å². The number of hydrogen-bond donors (Lipinski definition) is 1. The number of benzene rings is 1. The van der Waals surface area contributed by atoms with E-state index in [0.29, 0.717) is 12.2 Å². The number of rotatable bonds is 3. The van der Waals surface area contributed by atoms with Crippen LogP contribution in [-0.2, 0) is 11.2 Å². The number of aryl methyl sites for hydroxylation is 1. The maximum absolute atomic E-state index is 12.5. The molecule has 0 bridgehead atoms. The molecule has 2 N–H and O–H groups in total. The SMILES string of the molecule is N#CC1CSC2(N)CC(CCc3ccccc3)C(=O)N12. The van der Waals surface area contributed by atoms with E-state index in [9.17, 15) is 4.79 Å². The lowest BCUT2D eigenvalue weighted by atomic mass is 9.97. The van der Waals surface area contributed by atoms with Crippen LogP contribution in [0.5, 0.6) is 0 Å². The van der Waals surface area contributed by atoms with Crippen LogP contribution in [0.4, 0.5) is 0 Å². The molecule has 0 aliphatic carbocycles. The number of carbonyl (C=O) groups excluding carboxylic acids is 1. The van der Waals surface area contributed by atoms with Crippen molar-refractivity contribution in [1.29, 1.82) is 5.26 Å². The van der Waals surface area contributed by atoms with E-state index >= 15 is 0 Å². The second kappa shape index (κ2) is 5.12. The van der Waals surface area contributed by atoms with E-state index in [1.54, 1.807) is 4.90 Å². The second-order valence-electron chi connectivity index (χ2n) is 5.43. The molecule has 1 aromatic carbocycles. The zero-order valence-corrected chi connectivity index (χ0v) is 12.0. The normalized spacial score (nSPS) is 32.2. The molecule has 3 unspecified atom stereocenters. The molecule has 1 amide bonds. The molecule has 2 aliphatic heterocycles. The summed E-state index contributed by atoms with van der Waals surface area (Å²) in [5.41, 5.74) is 7.54. The summed E-state index contributed by atoms with van der Waals surface area (Å²) in [5, 5.41) is 9.13. The molecule has 5 heteroatoms. The van der Waals surface area contributed by atoms with Gasteiger partial charge < -0.3 is 0 Å². The highest BCUT2D eigenvalue weighted by molar-refractivity contribution is 8.00. The van der Waals surface area contributed by atoms with E-state index in [1.165, 1.54) is 17.3 Å². The molecular formula is C15H17N3OS. The summed E-state index contributed by atoms with van der Waals surface area (Å²) in [5.74, 6) is 0.633. The topological polar surface area (TPSA) is 70.1 Å². The van der Waals surface area contributed by atoms with Crippen molar-refractivity contribution >= 4 is 17.7 Å². The van der Waals surface area contributed by atoms with Crippen molar-refractivity contribution in [2.24, 2.45) is 11.7 Å². The number of carbonyl (C=O) groups is 1. The molecule has 104 valence electrons. The lowest BCUT2D eigenvalue weighted by Gasteiger charge is -2.27. The Labute approximate surface area is 122 Å². The van der Waals surface area contributed by atoms with E-state index in [1.807, 2.05) is 18.2 Å². The molecule has 2 heterocycles. The van der Waals surface area contributed by atoms with Crippen molar-refractivity contribution in [2.45, 2.75) is 30.3 Å². The maximum Gasteiger partial charge on any atom is 0.229 e. The Morgan fingerprint density at radius 1 is 1.45 bits per heavy atom. The molecule has 2 fully saturated rings. The number of fused-ring (bicyclic) bond motifs is 1. The highest BCUT2D eigenvalue weighted by Gasteiger charge is 2.55. The lowest BCUT2D eigenvalue weighted by molar-refractivity contribution is -0.133. The zero-order valence-electron chi connectivity index (χ0n) is 11.2. The van der Waals surface area contributed by atoms with Gasteiger partial charge in [0, 0.05) is 18.1 Å². The van der Waals surface area contributed by atoms with Gasteiger partial charge in [0.2, 0.25) is 5.91 Å². The molecule has 0 aromatic heterocycles. The Bertz CT molecular complexity index is 556. The third-order valence-electron chi connectivity index (χ3n) is 4.11. The third kappa shape index (κ3) is 2.19. The minimum absolute atomic E-state index is 0.0520. The Hall–Kier alpha value is -1.51. The summed E-state index contributed by atoms with van der Waals surface area (Å²) in [6.07, 6.45) is 2.33. The predicted molar refractivity (Wildman–Crippen MR) is 78.5 cm³/mol. The van der Waals surface area contributed by atoms with Crippen molar-refractivity contribution < 1.29 is 4.79 Å². The highest BCUT2D eigenvalue weighted by atomic mass is 32.2. The van der Waals surface area contributed by atoms with Crippen LogP contribution in [0.1, 0.15) is 18.4 Å². The van der Waals surface area contributed by atoms with E-state index in [4.69, 9.17) is 11.0 Å². The van der Waals surface area contributed by atoms with Gasteiger partial charge in [-0.1, -0.05) is 30.3 Å². The standard InChI is InChI=1S/C15H17N3OS/c16-9-13-10-20-15(17)8-12(14(19)18(13)15)7-6-11-4-2-1-3-5-11/h1-5,12-13H,6-8,10,17H2. The molecule has 0 radical (unpaired) electrons. The highest BCUT2D eigenvalue weighted by Crippen LogP contribution is 2.46. The molecule has 3 atom stereocenters. The fourth-order valence-corrected chi connectivity index (χ4v) is 4.42. The van der Waals surface area contributed by atoms with Gasteiger partial charge in [0.15, 0.2) is 0 Å². The Morgan fingerprint density at radius 2 is 2.20 bits per heavy atom. The molecule has 1 aromatic rings. The number of nitriles is 1. The number of amides is 1. The van der Waals surface area contributed by atoms with E-state index in [2.05, 4.69) is 18.2 Å². The quantitative estimate of drug-likeness (QED) is 0.919. The van der Waals surface area contributed by atoms with Gasteiger partial charge in [-0.05, 0) is 18.4 Å². The van der Waals surface area contributed by atoms with E-state index < -0.39 is 4.99 Å². The van der Waals surface area contributed by atoms with Crippen molar-refractivity contribution in [1.82, 2.24) is 4.90 Å². The van der Waals surface area contributed by atoms with Gasteiger partial charge in [-0.25, -0.2) is 0 Å². The van der Waals surface area contributed by atoms with Gasteiger partial charge in [-0.2, -0.15) is 5.26 Å². The number of nitrogens with zero attached hydrogens (tertiary/aromatic N) is 2. The van der Waals surface area contributed by atoms with E-state index in [-0.39, 0.29) is 17.9 Å². The Kier molecular flexibility index (Phi) is 3.45. The first-order valence-electron chi connectivity index (χ1n) is 6.83. The van der Waals surface area contributed by atoms with Crippen LogP contribution in [0, 0.1) is 17.2 Å². The van der Waals surface area contributed by atoms with Gasteiger partial charge in [-0.3, -0.25) is 15.4 Å². The lowest BCUT2D eigenvalue weighted by Crippen LogP contribution is -2.49. The first kappa shape index (κ1) is 13.5. The summed E-state index contributed by atoms with van der Waals surface area (Å²) in [6, 6.07) is 12.0. The zero-order chi connectivity index (χ0) is 14.2. The van der Waals surface area contributed by atoms with Gasteiger partial charge in [-0.15, -0.1) is 11.8 Å². The molecule has 2 aliphatic rings. The predicted octanol–water partition coefficient (Wildman–Crippen LogP) is 1.72. The van der Waals surface area contributed by atoms with Gasteiger partial charge in [0.25, 0.3) is 0 Å². The number of nitrogens with two attached hydrogens (primary N) is 1. The maximum atomic E-state index is 12.5. The minimum atomic E-state index is -0.654. The van der Waals surface area contributed by atoms with Gasteiger partial charge >= 0.3 is 0 Å². The molecule has 0 spiro atoms. The Balaban J connectivity index is 1.69. The molecular weight excluding hydrogens is 270 g/mol. The number of hydrogen-bond acceptors (Lipinski definition) is 4. The monoisotopic (exact) mass is 287 g/mol. The summed E-state index contributed by atoms with van der Waals surface area (Å²) in [6.45, 7) is 0. The average molecular weight is 287 g/mol. The first-order valence-corrected chi connectivity index (χ1v) is 7.82. The fourth-order valence-electron chi connectivity index (χ4n) is 3.07. The van der Waals surface area contributed by atoms with Gasteiger partial charge in [0.05, 0.1) is 6.07 Å². The second-order valence-corrected chi connectivity index (χ2v) is 6.76. The fraction of sp³-hybridized carbons (Fsp3) is 0.467. The van der Waals surface area contributed by atoms with Crippen LogP contribution in [-0.4, -0.2) is 27.6 Å². The van der Waals surface area contributed by atoms with Crippen LogP contribution in [0.25, 0.3) is 0 Å². The van der Waals surface area contributed by atoms with Crippen molar-refractivity contribution in [2.75, 3.05) is 5.75 Å². The average Bonchev–Trinajstić information content (AvgIpc) is 2.92. The minimum Gasteiger partial charge on any atom is -0.300 e. The largest absolute Gasteiger partial charge is 0.300 e. The third-order valence-corrected chi connectivity index (χ3v) is 5.46. The summed E-state index contributed by atoms with van der Waals surface area (Å²) in [4.78, 5) is 13.4. The van der Waals surface area contributed by atoms with E-state index in [0.717, 1.165) is 12.8 Å². The molecule has 0 saturated carbocycles. The molecule has 4 nitrogen and oxygen atoms in total. The molecule has 2 saturated heterocycles. The first-order chi connectivity index (χ1) is 9.64. The van der Waals surface area contributed by atoms with Crippen LogP contribution in [0.3, 0.4) is 0 Å². The van der Waals surface area contributed by atoms with Gasteiger partial charge in [0.1, 0.15) is 11.0 Å². The van der Waals surface area contributed by atoms with Crippen LogP contribution >= 0.6 is 11.8 Å². The van der Waals surface area contributed by atoms with Crippen LogP contribution in [0.15, 0.2) is 30.3 Å². The van der Waals surface area contributed by atoms with Crippen LogP contribution in [0.2, 0.25) is 0 Å².